The molecule has 7 nitrogen and oxygen atoms in total. The normalized spacial score (nSPS) is 11.0. The first-order chi connectivity index (χ1) is 15.1. The minimum atomic E-state index is -4.01. The van der Waals surface area contributed by atoms with Crippen LogP contribution in [-0.2, 0) is 10.0 Å². The predicted octanol–water partition coefficient (Wildman–Crippen LogP) is 3.69. The van der Waals surface area contributed by atoms with E-state index in [9.17, 15) is 26.4 Å². The Morgan fingerprint density at radius 1 is 0.969 bits per heavy atom. The predicted molar refractivity (Wildman–Crippen MR) is 112 cm³/mol. The molecular weight excluding hydrogens is 447 g/mol. The summed E-state index contributed by atoms with van der Waals surface area (Å²) in [5.41, 5.74) is 4.07. The number of hydrogen-bond donors (Lipinski definition) is 2. The summed E-state index contributed by atoms with van der Waals surface area (Å²) in [6.45, 7) is 0. The smallest absolute Gasteiger partial charge is 0.269 e. The van der Waals surface area contributed by atoms with Gasteiger partial charge in [-0.15, -0.1) is 0 Å². The quantitative estimate of drug-likeness (QED) is 0.411. The molecule has 0 radical (unpaired) electrons. The molecule has 1 amide bonds. The van der Waals surface area contributed by atoms with Crippen LogP contribution in [0.15, 0.2) is 65.6 Å². The average molecular weight is 465 g/mol. The fraction of sp³-hybridized carbons (Fsp3) is 0.0952. The Hall–Kier alpha value is -3.73. The molecule has 0 aliphatic rings. The number of benzene rings is 3. The van der Waals surface area contributed by atoms with Gasteiger partial charge in [-0.25, -0.2) is 21.6 Å². The van der Waals surface area contributed by atoms with Crippen molar-refractivity contribution in [3.05, 3.63) is 83.7 Å². The van der Waals surface area contributed by atoms with E-state index in [4.69, 9.17) is 4.74 Å². The van der Waals surface area contributed by atoms with E-state index in [0.717, 1.165) is 16.4 Å². The van der Waals surface area contributed by atoms with Gasteiger partial charge in [0.25, 0.3) is 15.9 Å². The summed E-state index contributed by atoms with van der Waals surface area (Å²) in [6.07, 6.45) is 0. The SMILES string of the molecule is COc1ccc(N(C)S(=O)(=O)c2cccc(C(=O)NNc3ccc(F)c(F)c3F)c2)cc1. The molecule has 0 unspecified atom stereocenters. The number of carbonyl (C=O) groups excluding carboxylic acids is 1. The highest BCUT2D eigenvalue weighted by atomic mass is 32.2. The maximum Gasteiger partial charge on any atom is 0.269 e. The second-order valence-corrected chi connectivity index (χ2v) is 8.47. The van der Waals surface area contributed by atoms with Gasteiger partial charge in [-0.1, -0.05) is 6.07 Å². The van der Waals surface area contributed by atoms with Gasteiger partial charge >= 0.3 is 0 Å². The number of carbonyl (C=O) groups is 1. The van der Waals surface area contributed by atoms with Gasteiger partial charge in [-0.2, -0.15) is 0 Å². The molecule has 0 saturated carbocycles. The molecule has 3 aromatic carbocycles. The summed E-state index contributed by atoms with van der Waals surface area (Å²) in [7, 11) is -1.16. The molecular formula is C21H18F3N3O4S. The number of amides is 1. The van der Waals surface area contributed by atoms with E-state index in [1.54, 1.807) is 24.3 Å². The van der Waals surface area contributed by atoms with Crippen molar-refractivity contribution in [2.45, 2.75) is 4.90 Å². The highest BCUT2D eigenvalue weighted by molar-refractivity contribution is 7.92. The minimum absolute atomic E-state index is 0.0651. The van der Waals surface area contributed by atoms with E-state index in [1.807, 2.05) is 0 Å². The number of rotatable bonds is 7. The lowest BCUT2D eigenvalue weighted by molar-refractivity contribution is 0.0962. The van der Waals surface area contributed by atoms with Crippen LogP contribution < -0.4 is 19.9 Å². The maximum atomic E-state index is 13.7. The standard InChI is InChI=1S/C21H18F3N3O4S/c1-27(14-6-8-15(31-2)9-7-14)32(29,30)16-5-3-4-13(12-16)21(28)26-25-18-11-10-17(22)19(23)20(18)24/h3-12,25H,1-2H3,(H,26,28). The van der Waals surface area contributed by atoms with Crippen molar-refractivity contribution in [2.75, 3.05) is 23.9 Å². The summed E-state index contributed by atoms with van der Waals surface area (Å²) in [5, 5.41) is 0. The first kappa shape index (κ1) is 22.9. The molecule has 168 valence electrons. The number of hydrogen-bond acceptors (Lipinski definition) is 5. The zero-order chi connectivity index (χ0) is 23.5. The Kier molecular flexibility index (Phi) is 6.58. The molecule has 11 heteroatoms. The Balaban J connectivity index is 1.79. The summed E-state index contributed by atoms with van der Waals surface area (Å²) >= 11 is 0. The molecule has 3 aromatic rings. The lowest BCUT2D eigenvalue weighted by Gasteiger charge is -2.20. The minimum Gasteiger partial charge on any atom is -0.497 e. The van der Waals surface area contributed by atoms with Crippen molar-refractivity contribution < 1.29 is 31.1 Å². The van der Waals surface area contributed by atoms with Gasteiger partial charge in [-0.3, -0.25) is 20.0 Å². The van der Waals surface area contributed by atoms with Crippen molar-refractivity contribution in [1.29, 1.82) is 0 Å². The molecule has 0 spiro atoms. The van der Waals surface area contributed by atoms with Gasteiger partial charge in [0, 0.05) is 12.6 Å². The van der Waals surface area contributed by atoms with Crippen LogP contribution in [0, 0.1) is 17.5 Å². The lowest BCUT2D eigenvalue weighted by Crippen LogP contribution is -2.31. The summed E-state index contributed by atoms with van der Waals surface area (Å²) in [5.74, 6) is -4.85. The Morgan fingerprint density at radius 3 is 2.31 bits per heavy atom. The third kappa shape index (κ3) is 4.62. The molecule has 0 saturated heterocycles. The first-order valence-electron chi connectivity index (χ1n) is 9.08. The van der Waals surface area contributed by atoms with E-state index in [2.05, 4.69) is 10.9 Å². The maximum absolute atomic E-state index is 13.7. The molecule has 3 rings (SSSR count). The first-order valence-corrected chi connectivity index (χ1v) is 10.5. The van der Waals surface area contributed by atoms with Gasteiger partial charge in [-0.05, 0) is 54.6 Å². The van der Waals surface area contributed by atoms with Crippen LogP contribution in [0.1, 0.15) is 10.4 Å². The Bertz CT molecular complexity index is 1250. The molecule has 0 heterocycles. The van der Waals surface area contributed by atoms with E-state index in [-0.39, 0.29) is 10.5 Å². The van der Waals surface area contributed by atoms with E-state index < -0.39 is 39.1 Å². The number of nitrogens with zero attached hydrogens (tertiary/aromatic N) is 1. The van der Waals surface area contributed by atoms with Crippen LogP contribution in [-0.4, -0.2) is 28.5 Å². The Labute approximate surface area is 182 Å². The summed E-state index contributed by atoms with van der Waals surface area (Å²) < 4.78 is 72.1. The van der Waals surface area contributed by atoms with E-state index in [1.165, 1.54) is 32.4 Å². The van der Waals surface area contributed by atoms with E-state index in [0.29, 0.717) is 17.5 Å². The molecule has 0 aromatic heterocycles. The number of ether oxygens (including phenoxy) is 1. The number of halogens is 3. The fourth-order valence-corrected chi connectivity index (χ4v) is 3.95. The van der Waals surface area contributed by atoms with Crippen LogP contribution in [0.3, 0.4) is 0 Å². The zero-order valence-corrected chi connectivity index (χ0v) is 17.7. The van der Waals surface area contributed by atoms with Gasteiger partial charge < -0.3 is 4.74 Å². The van der Waals surface area contributed by atoms with Crippen LogP contribution in [0.25, 0.3) is 0 Å². The van der Waals surface area contributed by atoms with Crippen LogP contribution in [0.2, 0.25) is 0 Å². The zero-order valence-electron chi connectivity index (χ0n) is 16.9. The van der Waals surface area contributed by atoms with Crippen molar-refractivity contribution in [3.8, 4) is 5.75 Å². The second kappa shape index (κ2) is 9.18. The molecule has 0 fully saturated rings. The van der Waals surface area contributed by atoms with E-state index >= 15 is 0 Å². The lowest BCUT2D eigenvalue weighted by atomic mass is 10.2. The second-order valence-electron chi connectivity index (χ2n) is 6.50. The number of anilines is 2. The Morgan fingerprint density at radius 2 is 1.66 bits per heavy atom. The van der Waals surface area contributed by atoms with Gasteiger partial charge in [0.2, 0.25) is 0 Å². The molecule has 0 aliphatic carbocycles. The van der Waals surface area contributed by atoms with Crippen molar-refractivity contribution in [3.63, 3.8) is 0 Å². The van der Waals surface area contributed by atoms with Crippen molar-refractivity contribution >= 4 is 27.3 Å². The number of sulfonamides is 1. The average Bonchev–Trinajstić information content (AvgIpc) is 2.81. The largest absolute Gasteiger partial charge is 0.497 e. The number of methoxy groups -OCH3 is 1. The molecule has 2 N–H and O–H groups in total. The fourth-order valence-electron chi connectivity index (χ4n) is 2.71. The molecule has 0 bridgehead atoms. The third-order valence-electron chi connectivity index (χ3n) is 4.54. The summed E-state index contributed by atoms with van der Waals surface area (Å²) in [6, 6.07) is 13.1. The highest BCUT2D eigenvalue weighted by Crippen LogP contribution is 2.25. The highest BCUT2D eigenvalue weighted by Gasteiger charge is 2.23. The van der Waals surface area contributed by atoms with Crippen molar-refractivity contribution in [2.24, 2.45) is 0 Å². The summed E-state index contributed by atoms with van der Waals surface area (Å²) in [4.78, 5) is 12.2. The molecule has 32 heavy (non-hydrogen) atoms. The van der Waals surface area contributed by atoms with Gasteiger partial charge in [0.15, 0.2) is 17.5 Å². The third-order valence-corrected chi connectivity index (χ3v) is 6.32. The van der Waals surface area contributed by atoms with Crippen molar-refractivity contribution in [1.82, 2.24) is 5.43 Å². The monoisotopic (exact) mass is 465 g/mol. The van der Waals surface area contributed by atoms with Crippen LogP contribution >= 0.6 is 0 Å². The van der Waals surface area contributed by atoms with Crippen LogP contribution in [0.5, 0.6) is 5.75 Å². The topological polar surface area (TPSA) is 87.7 Å². The molecule has 0 atom stereocenters. The van der Waals surface area contributed by atoms with Crippen LogP contribution in [0.4, 0.5) is 24.5 Å². The number of hydrazine groups is 1. The number of nitrogens with one attached hydrogen (secondary N) is 2. The van der Waals surface area contributed by atoms with Gasteiger partial charge in [0.05, 0.1) is 23.4 Å². The molecule has 0 aliphatic heterocycles. The van der Waals surface area contributed by atoms with Gasteiger partial charge in [0.1, 0.15) is 5.75 Å².